The first-order valence-electron chi connectivity index (χ1n) is 11.5. The van der Waals surface area contributed by atoms with Gasteiger partial charge in [-0.1, -0.05) is 30.3 Å². The molecule has 0 radical (unpaired) electrons. The summed E-state index contributed by atoms with van der Waals surface area (Å²) >= 11 is 0. The van der Waals surface area contributed by atoms with Crippen LogP contribution >= 0.6 is 0 Å². The van der Waals surface area contributed by atoms with Gasteiger partial charge in [-0.15, -0.1) is 0 Å². The van der Waals surface area contributed by atoms with Crippen molar-refractivity contribution in [3.05, 3.63) is 101 Å². The highest BCUT2D eigenvalue weighted by atomic mass is 19.1. The summed E-state index contributed by atoms with van der Waals surface area (Å²) in [6.45, 7) is 0.824. The van der Waals surface area contributed by atoms with Crippen LogP contribution in [0.15, 0.2) is 72.8 Å². The molecule has 3 aromatic rings. The normalized spacial score (nSPS) is 15.0. The molecule has 0 bridgehead atoms. The number of halogens is 1. The minimum Gasteiger partial charge on any atom is -0.497 e. The Labute approximate surface area is 208 Å². The summed E-state index contributed by atoms with van der Waals surface area (Å²) in [5.74, 6) is -1.43. The molecule has 1 aliphatic heterocycles. The monoisotopic (exact) mass is 490 g/mol. The molecule has 1 unspecified atom stereocenters. The smallest absolute Gasteiger partial charge is 0.264 e. The molecule has 3 amide bonds. The Morgan fingerprint density at radius 3 is 2.19 bits per heavy atom. The number of rotatable bonds is 7. The summed E-state index contributed by atoms with van der Waals surface area (Å²) < 4.78 is 18.9. The van der Waals surface area contributed by atoms with E-state index in [1.807, 2.05) is 24.3 Å². The largest absolute Gasteiger partial charge is 0.497 e. The zero-order chi connectivity index (χ0) is 25.7. The molecule has 1 saturated heterocycles. The van der Waals surface area contributed by atoms with E-state index in [1.54, 1.807) is 24.3 Å². The summed E-state index contributed by atoms with van der Waals surface area (Å²) in [4.78, 5) is 42.7. The van der Waals surface area contributed by atoms with Crippen LogP contribution in [0.2, 0.25) is 0 Å². The minimum absolute atomic E-state index is 0.0993. The lowest BCUT2D eigenvalue weighted by atomic mass is 10.1. The fourth-order valence-corrected chi connectivity index (χ4v) is 4.17. The van der Waals surface area contributed by atoms with Gasteiger partial charge >= 0.3 is 0 Å². The average molecular weight is 491 g/mol. The second-order valence-electron chi connectivity index (χ2n) is 8.35. The molecule has 3 aromatic carbocycles. The number of methoxy groups -OCH3 is 1. The van der Waals surface area contributed by atoms with Crippen LogP contribution in [0.5, 0.6) is 5.75 Å². The van der Waals surface area contributed by atoms with Crippen molar-refractivity contribution in [2.45, 2.75) is 19.3 Å². The molecular weight excluding hydrogens is 463 g/mol. The topological polar surface area (TPSA) is 105 Å². The number of nitrogens with one attached hydrogen (secondary N) is 1. The summed E-state index contributed by atoms with van der Waals surface area (Å²) in [5, 5.41) is 2.83. The maximum Gasteiger partial charge on any atom is 0.264 e. The zero-order valence-corrected chi connectivity index (χ0v) is 19.8. The van der Waals surface area contributed by atoms with Crippen molar-refractivity contribution in [2.24, 2.45) is 5.73 Å². The predicted octanol–water partition coefficient (Wildman–Crippen LogP) is 2.53. The van der Waals surface area contributed by atoms with Gasteiger partial charge in [-0.2, -0.15) is 0 Å². The summed E-state index contributed by atoms with van der Waals surface area (Å²) in [6.07, 6.45) is -1.20. The first-order chi connectivity index (χ1) is 17.4. The number of hydrogen-bond acceptors (Lipinski definition) is 5. The number of nitrogens with zero attached hydrogens (tertiary/aromatic N) is 2. The third-order valence-electron chi connectivity index (χ3n) is 6.03. The van der Waals surface area contributed by atoms with E-state index in [0.717, 1.165) is 17.2 Å². The highest BCUT2D eigenvalue weighted by Crippen LogP contribution is 2.23. The maximum atomic E-state index is 13.8. The molecule has 8 nitrogen and oxygen atoms in total. The highest BCUT2D eigenvalue weighted by Gasteiger charge is 2.43. The highest BCUT2D eigenvalue weighted by molar-refractivity contribution is 6.02. The van der Waals surface area contributed by atoms with Gasteiger partial charge in [0.25, 0.3) is 17.7 Å². The van der Waals surface area contributed by atoms with E-state index in [1.165, 1.54) is 35.1 Å². The Bertz CT molecular complexity index is 1260. The lowest BCUT2D eigenvalue weighted by molar-refractivity contribution is -0.128. The molecule has 36 heavy (non-hydrogen) atoms. The van der Waals surface area contributed by atoms with Crippen molar-refractivity contribution < 1.29 is 23.5 Å². The minimum atomic E-state index is -1.20. The summed E-state index contributed by atoms with van der Waals surface area (Å²) in [7, 11) is 1.52. The summed E-state index contributed by atoms with van der Waals surface area (Å²) in [6, 6.07) is 19.2. The third kappa shape index (κ3) is 5.36. The number of ether oxygens (including phenoxy) is 1. The SMILES string of the molecule is COc1ccc(C(=O)N2CCN(C(=O)c3cccc(F)c3)C2C(=O)NCc2cccc(CN)c2)cc1. The molecule has 1 aliphatic rings. The van der Waals surface area contributed by atoms with Crippen LogP contribution in [0, 0.1) is 5.82 Å². The van der Waals surface area contributed by atoms with E-state index in [2.05, 4.69) is 5.32 Å². The zero-order valence-electron chi connectivity index (χ0n) is 19.8. The molecule has 0 spiro atoms. The van der Waals surface area contributed by atoms with E-state index >= 15 is 0 Å². The molecule has 9 heteroatoms. The Hall–Kier alpha value is -4.24. The number of benzene rings is 3. The molecule has 1 atom stereocenters. The van der Waals surface area contributed by atoms with E-state index in [-0.39, 0.29) is 25.2 Å². The quantitative estimate of drug-likeness (QED) is 0.530. The van der Waals surface area contributed by atoms with Crippen LogP contribution in [-0.2, 0) is 17.9 Å². The number of amides is 3. The van der Waals surface area contributed by atoms with Crippen LogP contribution in [-0.4, -0.2) is 53.9 Å². The molecule has 1 heterocycles. The van der Waals surface area contributed by atoms with Crippen LogP contribution < -0.4 is 15.8 Å². The Kier molecular flexibility index (Phi) is 7.60. The number of hydrogen-bond donors (Lipinski definition) is 2. The second kappa shape index (κ2) is 11.0. The molecular formula is C27H27FN4O4. The first kappa shape index (κ1) is 24.9. The van der Waals surface area contributed by atoms with Crippen molar-refractivity contribution in [1.29, 1.82) is 0 Å². The van der Waals surface area contributed by atoms with Gasteiger partial charge in [-0.3, -0.25) is 14.4 Å². The molecule has 3 N–H and O–H groups in total. The van der Waals surface area contributed by atoms with Crippen LogP contribution in [0.4, 0.5) is 4.39 Å². The van der Waals surface area contributed by atoms with Gasteiger partial charge in [-0.25, -0.2) is 4.39 Å². The molecule has 186 valence electrons. The van der Waals surface area contributed by atoms with Crippen LogP contribution in [0.1, 0.15) is 31.8 Å². The molecule has 0 aromatic heterocycles. The average Bonchev–Trinajstić information content (AvgIpc) is 3.36. The van der Waals surface area contributed by atoms with E-state index in [4.69, 9.17) is 10.5 Å². The van der Waals surface area contributed by atoms with Crippen LogP contribution in [0.25, 0.3) is 0 Å². The van der Waals surface area contributed by atoms with Crippen molar-refractivity contribution in [3.63, 3.8) is 0 Å². The fraction of sp³-hybridized carbons (Fsp3) is 0.222. The van der Waals surface area contributed by atoms with E-state index in [9.17, 15) is 18.8 Å². The Morgan fingerprint density at radius 2 is 1.56 bits per heavy atom. The van der Waals surface area contributed by atoms with Crippen molar-refractivity contribution in [2.75, 3.05) is 20.2 Å². The number of carbonyl (C=O) groups excluding carboxylic acids is 3. The Balaban J connectivity index is 1.60. The van der Waals surface area contributed by atoms with Gasteiger partial charge in [-0.05, 0) is 53.6 Å². The van der Waals surface area contributed by atoms with Crippen molar-refractivity contribution >= 4 is 17.7 Å². The molecule has 0 saturated carbocycles. The molecule has 0 aliphatic carbocycles. The van der Waals surface area contributed by atoms with Gasteiger partial charge in [0.05, 0.1) is 7.11 Å². The Morgan fingerprint density at radius 1 is 0.917 bits per heavy atom. The number of nitrogens with two attached hydrogens (primary N) is 1. The summed E-state index contributed by atoms with van der Waals surface area (Å²) in [5.41, 5.74) is 7.91. The van der Waals surface area contributed by atoms with Crippen molar-refractivity contribution in [1.82, 2.24) is 15.1 Å². The molecule has 4 rings (SSSR count). The standard InChI is InChI=1S/C27H27FN4O4/c1-36-23-10-8-20(9-11-23)26(34)31-12-13-32(27(35)21-6-3-7-22(28)15-21)25(31)24(33)30-17-19-5-2-4-18(14-19)16-29/h2-11,14-15,25H,12-13,16-17,29H2,1H3,(H,30,33). The van der Waals surface area contributed by atoms with Crippen molar-refractivity contribution in [3.8, 4) is 5.75 Å². The fourth-order valence-electron chi connectivity index (χ4n) is 4.17. The van der Waals surface area contributed by atoms with Gasteiger partial charge in [0, 0.05) is 37.3 Å². The van der Waals surface area contributed by atoms with Crippen LogP contribution in [0.3, 0.4) is 0 Å². The predicted molar refractivity (Wildman–Crippen MR) is 131 cm³/mol. The first-order valence-corrected chi connectivity index (χ1v) is 11.5. The van der Waals surface area contributed by atoms with Gasteiger partial charge in [0.15, 0.2) is 6.17 Å². The third-order valence-corrected chi connectivity index (χ3v) is 6.03. The lowest BCUT2D eigenvalue weighted by Gasteiger charge is -2.29. The maximum absolute atomic E-state index is 13.8. The van der Waals surface area contributed by atoms with Gasteiger partial charge in [0.2, 0.25) is 0 Å². The second-order valence-corrected chi connectivity index (χ2v) is 8.35. The lowest BCUT2D eigenvalue weighted by Crippen LogP contribution is -2.53. The van der Waals surface area contributed by atoms with Gasteiger partial charge < -0.3 is 25.6 Å². The number of carbonyl (C=O) groups is 3. The van der Waals surface area contributed by atoms with E-state index < -0.39 is 29.7 Å². The van der Waals surface area contributed by atoms with E-state index in [0.29, 0.717) is 17.9 Å². The molecule has 1 fully saturated rings. The van der Waals surface area contributed by atoms with Gasteiger partial charge in [0.1, 0.15) is 11.6 Å².